The van der Waals surface area contributed by atoms with E-state index in [9.17, 15) is 9.59 Å². The van der Waals surface area contributed by atoms with Crippen LogP contribution in [0.5, 0.6) is 5.75 Å². The topological polar surface area (TPSA) is 144 Å². The van der Waals surface area contributed by atoms with Crippen molar-refractivity contribution >= 4 is 40.9 Å². The lowest BCUT2D eigenvalue weighted by Crippen LogP contribution is -2.09. The number of ether oxygens (including phenoxy) is 3. The Hall–Kier alpha value is -3.19. The molecule has 3 aromatic rings. The summed E-state index contributed by atoms with van der Waals surface area (Å²) in [7, 11) is 0. The van der Waals surface area contributed by atoms with Gasteiger partial charge in [-0.05, 0) is 44.4 Å². The van der Waals surface area contributed by atoms with E-state index in [2.05, 4.69) is 19.9 Å². The predicted octanol–water partition coefficient (Wildman–Crippen LogP) is 2.60. The van der Waals surface area contributed by atoms with E-state index < -0.39 is 11.9 Å². The molecule has 164 valence electrons. The number of carbonyl (C=O) groups is 2. The first-order valence-electron chi connectivity index (χ1n) is 9.32. The summed E-state index contributed by atoms with van der Waals surface area (Å²) < 4.78 is 21.2. The van der Waals surface area contributed by atoms with Gasteiger partial charge in [-0.15, -0.1) is 10.2 Å². The van der Waals surface area contributed by atoms with Gasteiger partial charge in [-0.3, -0.25) is 0 Å². The van der Waals surface area contributed by atoms with Crippen LogP contribution in [0.15, 0.2) is 27.4 Å². The van der Waals surface area contributed by atoms with Crippen LogP contribution in [-0.4, -0.2) is 56.3 Å². The van der Waals surface area contributed by atoms with Crippen LogP contribution in [0.3, 0.4) is 0 Å². The number of nitrogen functional groups attached to an aromatic ring is 1. The molecule has 13 heteroatoms. The normalized spacial score (nSPS) is 10.7. The van der Waals surface area contributed by atoms with Crippen molar-refractivity contribution in [3.8, 4) is 11.4 Å². The Labute approximate surface area is 186 Å². The van der Waals surface area contributed by atoms with Crippen molar-refractivity contribution in [1.29, 1.82) is 0 Å². The van der Waals surface area contributed by atoms with Gasteiger partial charge in [-0.2, -0.15) is 0 Å². The number of nitrogens with zero attached hydrogens (tertiary/aromatic N) is 5. The second-order valence-electron chi connectivity index (χ2n) is 5.76. The zero-order valence-electron chi connectivity index (χ0n) is 17.0. The van der Waals surface area contributed by atoms with E-state index in [-0.39, 0.29) is 24.6 Å². The largest absolute Gasteiger partial charge is 0.494 e. The molecule has 2 heterocycles. The summed E-state index contributed by atoms with van der Waals surface area (Å²) >= 11 is 2.03. The van der Waals surface area contributed by atoms with Crippen LogP contribution >= 0.6 is 23.3 Å². The number of carbonyl (C=O) groups excluding carboxylic acids is 2. The van der Waals surface area contributed by atoms with Gasteiger partial charge in [-0.25, -0.2) is 14.3 Å². The second-order valence-corrected chi connectivity index (χ2v) is 7.77. The Balaban J connectivity index is 2.06. The highest BCUT2D eigenvalue weighted by Gasteiger charge is 2.27. The van der Waals surface area contributed by atoms with E-state index in [1.807, 2.05) is 6.92 Å². The first-order chi connectivity index (χ1) is 15.0. The lowest BCUT2D eigenvalue weighted by atomic mass is 10.2. The number of aromatic nitrogens is 5. The molecule has 1 aromatic carbocycles. The molecule has 2 N–H and O–H groups in total. The molecular weight excluding hydrogens is 444 g/mol. The minimum atomic E-state index is -0.657. The van der Waals surface area contributed by atoms with Gasteiger partial charge in [0.2, 0.25) is 5.69 Å². The molecule has 0 aliphatic carbocycles. The molecule has 0 saturated carbocycles. The molecule has 0 aliphatic heterocycles. The maximum Gasteiger partial charge on any atom is 0.361 e. The van der Waals surface area contributed by atoms with Gasteiger partial charge in [0.15, 0.2) is 5.69 Å². The molecule has 31 heavy (non-hydrogen) atoms. The van der Waals surface area contributed by atoms with Crippen molar-refractivity contribution < 1.29 is 23.8 Å². The number of rotatable bonds is 9. The quantitative estimate of drug-likeness (QED) is 0.368. The molecule has 0 unspecified atom stereocenters. The summed E-state index contributed by atoms with van der Waals surface area (Å²) in [5, 5.41) is 12.2. The highest BCUT2D eigenvalue weighted by atomic mass is 32.2. The van der Waals surface area contributed by atoms with Crippen LogP contribution in [0, 0.1) is 0 Å². The standard InChI is InChI=1S/C18H20N6O5S2/c1-4-27-10-7-8-12(11(19)9-10)24-15(13(20-22-24)16(25)28-5-2)30-18-14(21-23-31-18)17(26)29-6-3/h7-9H,4-6,19H2,1-3H3. The van der Waals surface area contributed by atoms with E-state index in [0.717, 1.165) is 23.3 Å². The van der Waals surface area contributed by atoms with Crippen LogP contribution in [-0.2, 0) is 9.47 Å². The van der Waals surface area contributed by atoms with E-state index in [0.29, 0.717) is 33.0 Å². The molecule has 0 aliphatic rings. The smallest absolute Gasteiger partial charge is 0.361 e. The summed E-state index contributed by atoms with van der Waals surface area (Å²) in [4.78, 5) is 24.7. The molecule has 0 spiro atoms. The van der Waals surface area contributed by atoms with Crippen molar-refractivity contribution in [2.45, 2.75) is 30.0 Å². The molecule has 3 rings (SSSR count). The third kappa shape index (κ3) is 4.94. The summed E-state index contributed by atoms with van der Waals surface area (Å²) in [6.45, 7) is 6.09. The number of hydrogen-bond donors (Lipinski definition) is 1. The zero-order valence-corrected chi connectivity index (χ0v) is 18.7. The van der Waals surface area contributed by atoms with Crippen LogP contribution in [0.25, 0.3) is 5.69 Å². The lowest BCUT2D eigenvalue weighted by Gasteiger charge is -2.11. The van der Waals surface area contributed by atoms with Gasteiger partial charge in [0.25, 0.3) is 0 Å². The Morgan fingerprint density at radius 3 is 2.42 bits per heavy atom. The van der Waals surface area contributed by atoms with Crippen molar-refractivity contribution in [1.82, 2.24) is 24.6 Å². The van der Waals surface area contributed by atoms with E-state index in [1.165, 1.54) is 4.68 Å². The van der Waals surface area contributed by atoms with Crippen molar-refractivity contribution in [2.24, 2.45) is 0 Å². The third-order valence-electron chi connectivity index (χ3n) is 3.75. The first kappa shape index (κ1) is 22.5. The molecule has 0 fully saturated rings. The van der Waals surface area contributed by atoms with Gasteiger partial charge < -0.3 is 19.9 Å². The maximum absolute atomic E-state index is 12.5. The van der Waals surface area contributed by atoms with Gasteiger partial charge in [-0.1, -0.05) is 21.5 Å². The second kappa shape index (κ2) is 10.2. The first-order valence-corrected chi connectivity index (χ1v) is 10.9. The summed E-state index contributed by atoms with van der Waals surface area (Å²) in [5.74, 6) is -0.674. The summed E-state index contributed by atoms with van der Waals surface area (Å²) in [5.41, 5.74) is 7.05. The molecular formula is C18H20N6O5S2. The van der Waals surface area contributed by atoms with E-state index in [1.54, 1.807) is 32.0 Å². The minimum Gasteiger partial charge on any atom is -0.494 e. The monoisotopic (exact) mass is 464 g/mol. The molecule has 0 radical (unpaired) electrons. The number of nitrogens with two attached hydrogens (primary N) is 1. The molecule has 2 aromatic heterocycles. The molecule has 0 amide bonds. The number of anilines is 1. The summed E-state index contributed by atoms with van der Waals surface area (Å²) in [6, 6.07) is 5.08. The van der Waals surface area contributed by atoms with Gasteiger partial charge in [0, 0.05) is 6.07 Å². The number of hydrogen-bond acceptors (Lipinski definition) is 12. The Kier molecular flexibility index (Phi) is 7.41. The fraction of sp³-hybridized carbons (Fsp3) is 0.333. The molecule has 0 bridgehead atoms. The van der Waals surface area contributed by atoms with Crippen LogP contribution in [0.1, 0.15) is 41.7 Å². The fourth-order valence-electron chi connectivity index (χ4n) is 2.49. The highest BCUT2D eigenvalue weighted by Crippen LogP contribution is 2.37. The Morgan fingerprint density at radius 2 is 1.77 bits per heavy atom. The number of benzene rings is 1. The fourth-order valence-corrected chi connectivity index (χ4v) is 4.22. The lowest BCUT2D eigenvalue weighted by molar-refractivity contribution is 0.0507. The van der Waals surface area contributed by atoms with Crippen LogP contribution in [0.2, 0.25) is 0 Å². The minimum absolute atomic E-state index is 0.0247. The van der Waals surface area contributed by atoms with Gasteiger partial charge in [0.05, 0.1) is 31.2 Å². The Morgan fingerprint density at radius 1 is 1.06 bits per heavy atom. The highest BCUT2D eigenvalue weighted by molar-refractivity contribution is 8.01. The molecule has 0 atom stereocenters. The maximum atomic E-state index is 12.5. The van der Waals surface area contributed by atoms with Gasteiger partial charge in [0.1, 0.15) is 15.0 Å². The van der Waals surface area contributed by atoms with Crippen molar-refractivity contribution in [3.05, 3.63) is 29.6 Å². The zero-order chi connectivity index (χ0) is 22.4. The Bertz CT molecular complexity index is 1080. The third-order valence-corrected chi connectivity index (χ3v) is 5.69. The average molecular weight is 465 g/mol. The van der Waals surface area contributed by atoms with Crippen LogP contribution in [0.4, 0.5) is 5.69 Å². The van der Waals surface area contributed by atoms with E-state index >= 15 is 0 Å². The molecule has 0 saturated heterocycles. The average Bonchev–Trinajstić information content (AvgIpc) is 3.36. The SMILES string of the molecule is CCOC(=O)c1nnsc1Sc1c(C(=O)OCC)nnn1-c1ccc(OCC)cc1N. The van der Waals surface area contributed by atoms with Gasteiger partial charge >= 0.3 is 11.9 Å². The molecule has 11 nitrogen and oxygen atoms in total. The van der Waals surface area contributed by atoms with Crippen molar-refractivity contribution in [2.75, 3.05) is 25.6 Å². The van der Waals surface area contributed by atoms with Crippen LogP contribution < -0.4 is 10.5 Å². The van der Waals surface area contributed by atoms with Crippen molar-refractivity contribution in [3.63, 3.8) is 0 Å². The summed E-state index contributed by atoms with van der Waals surface area (Å²) in [6.07, 6.45) is 0. The predicted molar refractivity (Wildman–Crippen MR) is 113 cm³/mol. The van der Waals surface area contributed by atoms with E-state index in [4.69, 9.17) is 19.9 Å². The number of esters is 2.